The van der Waals surface area contributed by atoms with Crippen LogP contribution in [0.4, 0.5) is 4.39 Å². The molecule has 30 heavy (non-hydrogen) atoms. The first-order chi connectivity index (χ1) is 14.5. The standard InChI is InChI=1S/C23H26FN3O3/c1-25-20(28)16-30-22(21(25)18-8-5-9-19(24)14-18)23(29)27-12-10-26(11-13-27)15-17-6-3-2-4-7-17/h2-9,14,21-22H,10-13,15-16H2,1H3/t21-,22+/m1/s1. The normalized spacial score (nSPS) is 22.9. The number of carbonyl (C=O) groups excluding carboxylic acids is 2. The molecule has 2 saturated heterocycles. The second-order valence-corrected chi connectivity index (χ2v) is 7.82. The van der Waals surface area contributed by atoms with Crippen molar-refractivity contribution in [3.8, 4) is 0 Å². The summed E-state index contributed by atoms with van der Waals surface area (Å²) in [6.07, 6.45) is -0.838. The van der Waals surface area contributed by atoms with Crippen LogP contribution in [0.2, 0.25) is 0 Å². The molecule has 2 aliphatic rings. The lowest BCUT2D eigenvalue weighted by Crippen LogP contribution is -2.57. The number of hydrogen-bond acceptors (Lipinski definition) is 4. The third-order valence-corrected chi connectivity index (χ3v) is 5.85. The van der Waals surface area contributed by atoms with Crippen molar-refractivity contribution in [3.63, 3.8) is 0 Å². The van der Waals surface area contributed by atoms with E-state index in [9.17, 15) is 14.0 Å². The van der Waals surface area contributed by atoms with E-state index in [4.69, 9.17) is 4.74 Å². The summed E-state index contributed by atoms with van der Waals surface area (Å²) in [6.45, 7) is 3.44. The summed E-state index contributed by atoms with van der Waals surface area (Å²) in [5.74, 6) is -0.774. The smallest absolute Gasteiger partial charge is 0.254 e. The van der Waals surface area contributed by atoms with Gasteiger partial charge in [-0.3, -0.25) is 14.5 Å². The number of hydrogen-bond donors (Lipinski definition) is 0. The summed E-state index contributed by atoms with van der Waals surface area (Å²) in [5.41, 5.74) is 1.81. The summed E-state index contributed by atoms with van der Waals surface area (Å²) in [5, 5.41) is 0. The molecule has 0 radical (unpaired) electrons. The van der Waals surface area contributed by atoms with Gasteiger partial charge in [0.25, 0.3) is 5.91 Å². The molecule has 0 aliphatic carbocycles. The lowest BCUT2D eigenvalue weighted by atomic mass is 9.97. The van der Waals surface area contributed by atoms with Crippen molar-refractivity contribution in [3.05, 3.63) is 71.5 Å². The van der Waals surface area contributed by atoms with Crippen molar-refractivity contribution in [1.82, 2.24) is 14.7 Å². The average molecular weight is 411 g/mol. The Hall–Kier alpha value is -2.77. The summed E-state index contributed by atoms with van der Waals surface area (Å²) in [4.78, 5) is 31.1. The SMILES string of the molecule is CN1C(=O)CO[C@H](C(=O)N2CCN(Cc3ccccc3)CC2)[C@H]1c1cccc(F)c1. The van der Waals surface area contributed by atoms with Crippen LogP contribution in [0.5, 0.6) is 0 Å². The van der Waals surface area contributed by atoms with E-state index in [0.717, 1.165) is 19.6 Å². The minimum atomic E-state index is -0.838. The number of halogens is 1. The maximum atomic E-state index is 13.8. The Kier molecular flexibility index (Phi) is 6.11. The van der Waals surface area contributed by atoms with Gasteiger partial charge in [-0.2, -0.15) is 0 Å². The Bertz CT molecular complexity index is 900. The number of carbonyl (C=O) groups is 2. The minimum Gasteiger partial charge on any atom is -0.356 e. The van der Waals surface area contributed by atoms with E-state index in [-0.39, 0.29) is 18.4 Å². The van der Waals surface area contributed by atoms with Gasteiger partial charge < -0.3 is 14.5 Å². The Morgan fingerprint density at radius 2 is 1.80 bits per heavy atom. The number of nitrogens with zero attached hydrogens (tertiary/aromatic N) is 3. The van der Waals surface area contributed by atoms with E-state index in [1.165, 1.54) is 22.6 Å². The van der Waals surface area contributed by atoms with Crippen molar-refractivity contribution in [1.29, 1.82) is 0 Å². The molecule has 4 rings (SSSR count). The Labute approximate surface area is 175 Å². The van der Waals surface area contributed by atoms with E-state index < -0.39 is 18.0 Å². The fourth-order valence-electron chi connectivity index (χ4n) is 4.16. The molecule has 0 aromatic heterocycles. The Morgan fingerprint density at radius 3 is 2.50 bits per heavy atom. The van der Waals surface area contributed by atoms with Crippen LogP contribution in [0, 0.1) is 5.82 Å². The number of likely N-dealkylation sites (N-methyl/N-ethyl adjacent to an activating group) is 1. The second-order valence-electron chi connectivity index (χ2n) is 7.82. The van der Waals surface area contributed by atoms with Crippen molar-refractivity contribution >= 4 is 11.8 Å². The van der Waals surface area contributed by atoms with Crippen LogP contribution in [0.1, 0.15) is 17.2 Å². The molecular weight excluding hydrogens is 385 g/mol. The largest absolute Gasteiger partial charge is 0.356 e. The van der Waals surface area contributed by atoms with Crippen molar-refractivity contribution < 1.29 is 18.7 Å². The molecule has 2 amide bonds. The lowest BCUT2D eigenvalue weighted by Gasteiger charge is -2.42. The summed E-state index contributed by atoms with van der Waals surface area (Å²) in [7, 11) is 1.64. The number of morpholine rings is 1. The van der Waals surface area contributed by atoms with Crippen LogP contribution >= 0.6 is 0 Å². The van der Waals surface area contributed by atoms with E-state index in [2.05, 4.69) is 17.0 Å². The number of piperazine rings is 1. The third kappa shape index (κ3) is 4.37. The van der Waals surface area contributed by atoms with E-state index in [1.807, 2.05) is 18.2 Å². The third-order valence-electron chi connectivity index (χ3n) is 5.85. The molecule has 2 aromatic rings. The van der Waals surface area contributed by atoms with Gasteiger partial charge in [-0.25, -0.2) is 4.39 Å². The fraction of sp³-hybridized carbons (Fsp3) is 0.391. The van der Waals surface area contributed by atoms with E-state index in [0.29, 0.717) is 18.7 Å². The van der Waals surface area contributed by atoms with Crippen molar-refractivity contribution in [2.75, 3.05) is 39.8 Å². The molecule has 2 heterocycles. The molecular formula is C23H26FN3O3. The number of ether oxygens (including phenoxy) is 1. The van der Waals surface area contributed by atoms with Gasteiger partial charge in [-0.15, -0.1) is 0 Å². The molecule has 2 fully saturated rings. The van der Waals surface area contributed by atoms with Gasteiger partial charge in [0.15, 0.2) is 6.10 Å². The van der Waals surface area contributed by atoms with E-state index in [1.54, 1.807) is 24.1 Å². The summed E-state index contributed by atoms with van der Waals surface area (Å²) < 4.78 is 19.5. The van der Waals surface area contributed by atoms with Gasteiger partial charge in [0.05, 0.1) is 6.04 Å². The highest BCUT2D eigenvalue weighted by Gasteiger charge is 2.42. The topological polar surface area (TPSA) is 53.1 Å². The molecule has 0 unspecified atom stereocenters. The van der Waals surface area contributed by atoms with Crippen LogP contribution in [-0.4, -0.2) is 72.5 Å². The Balaban J connectivity index is 1.44. The average Bonchev–Trinajstić information content (AvgIpc) is 2.76. The quantitative estimate of drug-likeness (QED) is 0.773. The van der Waals surface area contributed by atoms with Crippen LogP contribution in [0.15, 0.2) is 54.6 Å². The van der Waals surface area contributed by atoms with Crippen LogP contribution in [0.3, 0.4) is 0 Å². The molecule has 6 nitrogen and oxygen atoms in total. The molecule has 0 saturated carbocycles. The van der Waals surface area contributed by atoms with Crippen LogP contribution in [0.25, 0.3) is 0 Å². The van der Waals surface area contributed by atoms with Crippen LogP contribution in [-0.2, 0) is 20.9 Å². The molecule has 158 valence electrons. The maximum absolute atomic E-state index is 13.8. The van der Waals surface area contributed by atoms with Gasteiger partial charge in [0.2, 0.25) is 5.91 Å². The van der Waals surface area contributed by atoms with Crippen molar-refractivity contribution in [2.24, 2.45) is 0 Å². The predicted molar refractivity (Wildman–Crippen MR) is 110 cm³/mol. The van der Waals surface area contributed by atoms with Gasteiger partial charge >= 0.3 is 0 Å². The summed E-state index contributed by atoms with van der Waals surface area (Å²) in [6, 6.07) is 15.6. The zero-order chi connectivity index (χ0) is 21.1. The number of benzene rings is 2. The molecule has 2 atom stereocenters. The Morgan fingerprint density at radius 1 is 1.07 bits per heavy atom. The highest BCUT2D eigenvalue weighted by Crippen LogP contribution is 2.31. The first-order valence-corrected chi connectivity index (χ1v) is 10.2. The lowest BCUT2D eigenvalue weighted by molar-refractivity contribution is -0.168. The predicted octanol–water partition coefficient (Wildman–Crippen LogP) is 2.07. The zero-order valence-electron chi connectivity index (χ0n) is 17.0. The molecule has 0 spiro atoms. The maximum Gasteiger partial charge on any atom is 0.254 e. The number of rotatable bonds is 4. The summed E-state index contributed by atoms with van der Waals surface area (Å²) >= 11 is 0. The van der Waals surface area contributed by atoms with Crippen molar-refractivity contribution in [2.45, 2.75) is 18.7 Å². The van der Waals surface area contributed by atoms with Gasteiger partial charge in [0.1, 0.15) is 12.4 Å². The monoisotopic (exact) mass is 411 g/mol. The van der Waals surface area contributed by atoms with Gasteiger partial charge in [-0.1, -0.05) is 42.5 Å². The second kappa shape index (κ2) is 8.93. The van der Waals surface area contributed by atoms with Gasteiger partial charge in [-0.05, 0) is 23.3 Å². The molecule has 7 heteroatoms. The van der Waals surface area contributed by atoms with Gasteiger partial charge in [0, 0.05) is 39.8 Å². The molecule has 2 aliphatic heterocycles. The fourth-order valence-corrected chi connectivity index (χ4v) is 4.16. The first kappa shape index (κ1) is 20.5. The number of amides is 2. The first-order valence-electron chi connectivity index (χ1n) is 10.2. The minimum absolute atomic E-state index is 0.146. The highest BCUT2D eigenvalue weighted by molar-refractivity contribution is 5.86. The highest BCUT2D eigenvalue weighted by atomic mass is 19.1. The van der Waals surface area contributed by atoms with E-state index >= 15 is 0 Å². The molecule has 0 bridgehead atoms. The molecule has 2 aromatic carbocycles. The van der Waals surface area contributed by atoms with Crippen LogP contribution < -0.4 is 0 Å². The zero-order valence-corrected chi connectivity index (χ0v) is 17.0. The molecule has 0 N–H and O–H groups in total.